The summed E-state index contributed by atoms with van der Waals surface area (Å²) in [6, 6.07) is 5.74. The maximum absolute atomic E-state index is 12.9. The molecule has 1 fully saturated rings. The lowest BCUT2D eigenvalue weighted by molar-refractivity contribution is -0.137. The van der Waals surface area contributed by atoms with Crippen LogP contribution in [0.2, 0.25) is 0 Å². The Balaban J connectivity index is 2.22. The number of anilines is 1. The second-order valence-corrected chi connectivity index (χ2v) is 5.01. The molecule has 2 rings (SSSR count). The lowest BCUT2D eigenvalue weighted by Crippen LogP contribution is -2.35. The first-order valence-corrected chi connectivity index (χ1v) is 6.47. The van der Waals surface area contributed by atoms with Crippen molar-refractivity contribution in [1.82, 2.24) is 5.32 Å². The zero-order valence-corrected chi connectivity index (χ0v) is 11.2. The van der Waals surface area contributed by atoms with Crippen LogP contribution < -0.4 is 10.2 Å². The molecule has 6 heteroatoms. The van der Waals surface area contributed by atoms with Crippen LogP contribution in [0.3, 0.4) is 0 Å². The van der Waals surface area contributed by atoms with E-state index in [0.717, 1.165) is 25.5 Å². The predicted molar refractivity (Wildman–Crippen MR) is 70.5 cm³/mol. The summed E-state index contributed by atoms with van der Waals surface area (Å²) in [6.07, 6.45) is -2.38. The van der Waals surface area contributed by atoms with Crippen LogP contribution in [0, 0.1) is 11.3 Å². The molecule has 108 valence electrons. The summed E-state index contributed by atoms with van der Waals surface area (Å²) in [5.41, 5.74) is -0.734. The first kappa shape index (κ1) is 14.7. The van der Waals surface area contributed by atoms with Gasteiger partial charge in [-0.2, -0.15) is 18.4 Å². The Morgan fingerprint density at radius 2 is 2.20 bits per heavy atom. The van der Waals surface area contributed by atoms with Crippen LogP contribution in [0.15, 0.2) is 18.2 Å². The van der Waals surface area contributed by atoms with Crippen molar-refractivity contribution in [3.05, 3.63) is 29.3 Å². The Morgan fingerprint density at radius 3 is 2.75 bits per heavy atom. The SMILES string of the molecule is CN(CC1CCCN1)c1ccc(C#N)c(C(F)(F)F)c1. The number of nitrogens with one attached hydrogen (secondary N) is 1. The van der Waals surface area contributed by atoms with Crippen molar-refractivity contribution in [2.24, 2.45) is 0 Å². The lowest BCUT2D eigenvalue weighted by Gasteiger charge is -2.24. The van der Waals surface area contributed by atoms with E-state index in [-0.39, 0.29) is 5.56 Å². The van der Waals surface area contributed by atoms with Crippen LogP contribution in [0.5, 0.6) is 0 Å². The molecule has 1 heterocycles. The fourth-order valence-electron chi connectivity index (χ4n) is 2.45. The quantitative estimate of drug-likeness (QED) is 0.927. The number of hydrogen-bond acceptors (Lipinski definition) is 3. The van der Waals surface area contributed by atoms with Crippen LogP contribution in [-0.2, 0) is 6.18 Å². The second kappa shape index (κ2) is 5.71. The van der Waals surface area contributed by atoms with E-state index in [1.165, 1.54) is 6.07 Å². The first-order valence-electron chi connectivity index (χ1n) is 6.47. The molecule has 0 aromatic heterocycles. The first-order chi connectivity index (χ1) is 9.41. The molecule has 0 radical (unpaired) electrons. The molecule has 1 atom stereocenters. The molecule has 0 saturated carbocycles. The molecule has 1 aromatic rings. The Morgan fingerprint density at radius 1 is 1.45 bits per heavy atom. The number of hydrogen-bond donors (Lipinski definition) is 1. The standard InChI is InChI=1S/C14H16F3N3/c1-20(9-11-3-2-6-19-11)12-5-4-10(8-18)13(7-12)14(15,16)17/h4-5,7,11,19H,2-3,6,9H2,1H3. The number of nitrogens with zero attached hydrogens (tertiary/aromatic N) is 2. The summed E-state index contributed by atoms with van der Waals surface area (Å²) in [7, 11) is 1.77. The van der Waals surface area contributed by atoms with E-state index >= 15 is 0 Å². The molecule has 1 N–H and O–H groups in total. The van der Waals surface area contributed by atoms with Gasteiger partial charge in [0.1, 0.15) is 0 Å². The average Bonchev–Trinajstić information content (AvgIpc) is 2.89. The van der Waals surface area contributed by atoms with E-state index in [2.05, 4.69) is 5.32 Å². The summed E-state index contributed by atoms with van der Waals surface area (Å²) >= 11 is 0. The third-order valence-electron chi connectivity index (χ3n) is 3.53. The molecule has 0 bridgehead atoms. The van der Waals surface area contributed by atoms with Gasteiger partial charge < -0.3 is 10.2 Å². The monoisotopic (exact) mass is 283 g/mol. The van der Waals surface area contributed by atoms with Crippen molar-refractivity contribution in [3.63, 3.8) is 0 Å². The molecule has 1 saturated heterocycles. The van der Waals surface area contributed by atoms with E-state index in [4.69, 9.17) is 5.26 Å². The minimum atomic E-state index is -4.51. The van der Waals surface area contributed by atoms with Gasteiger partial charge in [-0.3, -0.25) is 0 Å². The largest absolute Gasteiger partial charge is 0.417 e. The van der Waals surface area contributed by atoms with Crippen molar-refractivity contribution in [2.45, 2.75) is 25.1 Å². The van der Waals surface area contributed by atoms with Gasteiger partial charge in [0, 0.05) is 25.3 Å². The topological polar surface area (TPSA) is 39.1 Å². The Bertz CT molecular complexity index is 513. The molecule has 1 aliphatic heterocycles. The van der Waals surface area contributed by atoms with Crippen LogP contribution in [0.1, 0.15) is 24.0 Å². The number of rotatable bonds is 3. The van der Waals surface area contributed by atoms with Crippen molar-refractivity contribution in [1.29, 1.82) is 5.26 Å². The van der Waals surface area contributed by atoms with Crippen molar-refractivity contribution in [2.75, 3.05) is 25.0 Å². The molecule has 1 aromatic carbocycles. The van der Waals surface area contributed by atoms with Gasteiger partial charge in [0.25, 0.3) is 0 Å². The third-order valence-corrected chi connectivity index (χ3v) is 3.53. The van der Waals surface area contributed by atoms with Crippen molar-refractivity contribution >= 4 is 5.69 Å². The van der Waals surface area contributed by atoms with Gasteiger partial charge in [-0.25, -0.2) is 0 Å². The Kier molecular flexibility index (Phi) is 4.19. The summed E-state index contributed by atoms with van der Waals surface area (Å²) in [5.74, 6) is 0. The molecule has 3 nitrogen and oxygen atoms in total. The number of likely N-dealkylation sites (N-methyl/N-ethyl adjacent to an activating group) is 1. The van der Waals surface area contributed by atoms with E-state index in [1.54, 1.807) is 24.1 Å². The van der Waals surface area contributed by atoms with Gasteiger partial charge in [-0.05, 0) is 37.6 Å². The van der Waals surface area contributed by atoms with Crippen LogP contribution in [0.25, 0.3) is 0 Å². The van der Waals surface area contributed by atoms with Gasteiger partial charge >= 0.3 is 6.18 Å². The van der Waals surface area contributed by atoms with Crippen molar-refractivity contribution in [3.8, 4) is 6.07 Å². The molecule has 0 spiro atoms. The van der Waals surface area contributed by atoms with E-state index < -0.39 is 11.7 Å². The van der Waals surface area contributed by atoms with Gasteiger partial charge in [-0.1, -0.05) is 0 Å². The van der Waals surface area contributed by atoms with Gasteiger partial charge in [0.2, 0.25) is 0 Å². The van der Waals surface area contributed by atoms with E-state index in [1.807, 2.05) is 0 Å². The Labute approximate surface area is 116 Å². The summed E-state index contributed by atoms with van der Waals surface area (Å²) in [6.45, 7) is 1.61. The summed E-state index contributed by atoms with van der Waals surface area (Å²) in [4.78, 5) is 1.79. The molecule has 0 amide bonds. The number of nitriles is 1. The van der Waals surface area contributed by atoms with E-state index in [9.17, 15) is 13.2 Å². The number of alkyl halides is 3. The second-order valence-electron chi connectivity index (χ2n) is 5.01. The normalized spacial score (nSPS) is 18.9. The zero-order chi connectivity index (χ0) is 14.8. The zero-order valence-electron chi connectivity index (χ0n) is 11.2. The highest BCUT2D eigenvalue weighted by atomic mass is 19.4. The maximum Gasteiger partial charge on any atom is 0.417 e. The smallest absolute Gasteiger partial charge is 0.373 e. The van der Waals surface area contributed by atoms with Crippen LogP contribution >= 0.6 is 0 Å². The van der Waals surface area contributed by atoms with Crippen molar-refractivity contribution < 1.29 is 13.2 Å². The molecule has 1 unspecified atom stereocenters. The van der Waals surface area contributed by atoms with Gasteiger partial charge in [0.15, 0.2) is 0 Å². The molecular weight excluding hydrogens is 267 g/mol. The Hall–Kier alpha value is -1.74. The molecule has 1 aliphatic rings. The van der Waals surface area contributed by atoms with Crippen LogP contribution in [-0.4, -0.2) is 26.2 Å². The third kappa shape index (κ3) is 3.23. The van der Waals surface area contributed by atoms with Gasteiger partial charge in [0.05, 0.1) is 17.2 Å². The molecule has 20 heavy (non-hydrogen) atoms. The fraction of sp³-hybridized carbons (Fsp3) is 0.500. The highest BCUT2D eigenvalue weighted by molar-refractivity contribution is 5.54. The molecule has 0 aliphatic carbocycles. The number of benzene rings is 1. The summed E-state index contributed by atoms with van der Waals surface area (Å²) < 4.78 is 38.7. The minimum absolute atomic E-state index is 0.310. The lowest BCUT2D eigenvalue weighted by atomic mass is 10.1. The minimum Gasteiger partial charge on any atom is -0.373 e. The maximum atomic E-state index is 12.9. The predicted octanol–water partition coefficient (Wildman–Crippen LogP) is 2.77. The highest BCUT2D eigenvalue weighted by Crippen LogP contribution is 2.34. The van der Waals surface area contributed by atoms with E-state index in [0.29, 0.717) is 18.3 Å². The number of halogens is 3. The van der Waals surface area contributed by atoms with Gasteiger partial charge in [-0.15, -0.1) is 0 Å². The van der Waals surface area contributed by atoms with Crippen LogP contribution in [0.4, 0.5) is 18.9 Å². The highest BCUT2D eigenvalue weighted by Gasteiger charge is 2.34. The molecular formula is C14H16F3N3. The fourth-order valence-corrected chi connectivity index (χ4v) is 2.45. The average molecular weight is 283 g/mol. The summed E-state index contributed by atoms with van der Waals surface area (Å²) in [5, 5.41) is 12.1.